The first-order valence-electron chi connectivity index (χ1n) is 7.17. The van der Waals surface area contributed by atoms with Crippen LogP contribution in [0.2, 0.25) is 5.15 Å². The summed E-state index contributed by atoms with van der Waals surface area (Å²) in [7, 11) is 0. The Bertz CT molecular complexity index is 570. The summed E-state index contributed by atoms with van der Waals surface area (Å²) in [5.74, 6) is 0.606. The van der Waals surface area contributed by atoms with Crippen LogP contribution in [0.3, 0.4) is 0 Å². The molecule has 0 radical (unpaired) electrons. The molecule has 1 saturated heterocycles. The minimum absolute atomic E-state index is 0.341. The fourth-order valence-corrected chi connectivity index (χ4v) is 3.36. The van der Waals surface area contributed by atoms with Crippen LogP contribution in [0.25, 0.3) is 0 Å². The van der Waals surface area contributed by atoms with Crippen molar-refractivity contribution in [1.29, 1.82) is 0 Å². The molecule has 4 N–H and O–H groups in total. The van der Waals surface area contributed by atoms with E-state index in [9.17, 15) is 20.4 Å². The number of aliphatic hydroxyl groups excluding tert-OH is 4. The summed E-state index contributed by atoms with van der Waals surface area (Å²) < 4.78 is 5.58. The van der Waals surface area contributed by atoms with Crippen LogP contribution in [-0.4, -0.2) is 69.2 Å². The first kappa shape index (κ1) is 15.9. The number of halogens is 1. The van der Waals surface area contributed by atoms with Crippen LogP contribution in [0.1, 0.15) is 11.1 Å². The summed E-state index contributed by atoms with van der Waals surface area (Å²) in [5, 5.41) is 39.6. The second-order valence-corrected chi connectivity index (χ2v) is 6.11. The van der Waals surface area contributed by atoms with E-state index in [-0.39, 0.29) is 0 Å². The monoisotopic (exact) mass is 330 g/mol. The van der Waals surface area contributed by atoms with Crippen LogP contribution >= 0.6 is 11.6 Å². The van der Waals surface area contributed by atoms with Gasteiger partial charge < -0.3 is 30.1 Å². The minimum atomic E-state index is -1.40. The van der Waals surface area contributed by atoms with Gasteiger partial charge in [-0.2, -0.15) is 0 Å². The van der Waals surface area contributed by atoms with Gasteiger partial charge in [-0.05, 0) is 30.5 Å². The zero-order valence-corrected chi connectivity index (χ0v) is 12.8. The van der Waals surface area contributed by atoms with Gasteiger partial charge in [0.2, 0.25) is 0 Å². The molecule has 0 unspecified atom stereocenters. The Morgan fingerprint density at radius 2 is 2.05 bits per heavy atom. The van der Waals surface area contributed by atoms with Gasteiger partial charge in [-0.15, -0.1) is 0 Å². The predicted molar refractivity (Wildman–Crippen MR) is 78.8 cm³/mol. The summed E-state index contributed by atoms with van der Waals surface area (Å²) in [6, 6.07) is 1.77. The van der Waals surface area contributed by atoms with Crippen LogP contribution in [0.15, 0.2) is 6.07 Å². The molecule has 7 nitrogen and oxygen atoms in total. The lowest BCUT2D eigenvalue weighted by atomic mass is 9.98. The van der Waals surface area contributed by atoms with E-state index >= 15 is 0 Å². The second-order valence-electron chi connectivity index (χ2n) is 5.73. The lowest BCUT2D eigenvalue weighted by molar-refractivity contribution is -0.228. The Hall–Kier alpha value is -0.960. The highest BCUT2D eigenvalue weighted by atomic mass is 35.5. The van der Waals surface area contributed by atoms with Crippen molar-refractivity contribution in [3.8, 4) is 0 Å². The van der Waals surface area contributed by atoms with E-state index in [0.717, 1.165) is 17.5 Å². The smallest absolute Gasteiger partial charge is 0.160 e. The SMILES string of the molecule is Cc1cc(Cl)nc2c1CCN2[C@@H]1O[C@H](CO)[C@@H](O)[C@H](O)[C@H]1O. The Morgan fingerprint density at radius 1 is 1.32 bits per heavy atom. The fourth-order valence-electron chi connectivity index (χ4n) is 3.12. The van der Waals surface area contributed by atoms with E-state index in [0.29, 0.717) is 17.5 Å². The number of pyridine rings is 1. The number of hydrogen-bond donors (Lipinski definition) is 4. The van der Waals surface area contributed by atoms with Crippen molar-refractivity contribution in [1.82, 2.24) is 4.98 Å². The summed E-state index contributed by atoms with van der Waals surface area (Å²) in [6.45, 7) is 2.03. The molecule has 0 bridgehead atoms. The van der Waals surface area contributed by atoms with Crippen LogP contribution < -0.4 is 4.90 Å². The number of aryl methyl sites for hydroxylation is 1. The molecule has 3 rings (SSSR count). The maximum Gasteiger partial charge on any atom is 0.160 e. The quantitative estimate of drug-likeness (QED) is 0.526. The molecule has 1 fully saturated rings. The van der Waals surface area contributed by atoms with Gasteiger partial charge >= 0.3 is 0 Å². The number of ether oxygens (including phenoxy) is 1. The number of hydrogen-bond acceptors (Lipinski definition) is 7. The van der Waals surface area contributed by atoms with Gasteiger partial charge in [-0.3, -0.25) is 0 Å². The number of nitrogens with zero attached hydrogens (tertiary/aromatic N) is 2. The molecule has 1 aromatic rings. The summed E-state index contributed by atoms with van der Waals surface area (Å²) in [6.07, 6.45) is -5.20. The number of anilines is 1. The molecule has 2 aliphatic rings. The van der Waals surface area contributed by atoms with Crippen LogP contribution in [-0.2, 0) is 11.2 Å². The zero-order chi connectivity index (χ0) is 16.0. The van der Waals surface area contributed by atoms with E-state index in [1.54, 1.807) is 11.0 Å². The average Bonchev–Trinajstić information content (AvgIpc) is 2.89. The van der Waals surface area contributed by atoms with Gasteiger partial charge in [-0.1, -0.05) is 11.6 Å². The maximum absolute atomic E-state index is 10.2. The standard InChI is InChI=1S/C14H19ClN2O5/c1-6-4-9(15)16-13-7(6)2-3-17(13)14-12(21)11(20)10(19)8(5-18)22-14/h4,8,10-12,14,18-21H,2-3,5H2,1H3/t8-,10-,11+,12-,14-/m1/s1. The van der Waals surface area contributed by atoms with Crippen LogP contribution in [0.4, 0.5) is 5.82 Å². The summed E-state index contributed by atoms with van der Waals surface area (Å²) in [4.78, 5) is 6.01. The summed E-state index contributed by atoms with van der Waals surface area (Å²) in [5.41, 5.74) is 2.02. The van der Waals surface area contributed by atoms with E-state index < -0.39 is 37.3 Å². The van der Waals surface area contributed by atoms with Gasteiger partial charge in [0.1, 0.15) is 35.4 Å². The molecule has 8 heteroatoms. The van der Waals surface area contributed by atoms with E-state index in [4.69, 9.17) is 16.3 Å². The van der Waals surface area contributed by atoms with Crippen molar-refractivity contribution >= 4 is 17.4 Å². The summed E-state index contributed by atoms with van der Waals surface area (Å²) >= 11 is 6.01. The topological polar surface area (TPSA) is 106 Å². The van der Waals surface area contributed by atoms with E-state index in [1.807, 2.05) is 6.92 Å². The molecule has 0 aliphatic carbocycles. The lowest BCUT2D eigenvalue weighted by Gasteiger charge is -2.44. The maximum atomic E-state index is 10.2. The first-order valence-corrected chi connectivity index (χ1v) is 7.55. The normalized spacial score (nSPS) is 34.8. The molecule has 0 amide bonds. The van der Waals surface area contributed by atoms with E-state index in [2.05, 4.69) is 4.98 Å². The Labute approximate surface area is 132 Å². The molecular formula is C14H19ClN2O5. The molecular weight excluding hydrogens is 312 g/mol. The molecule has 0 saturated carbocycles. The zero-order valence-electron chi connectivity index (χ0n) is 12.1. The Kier molecular flexibility index (Phi) is 4.28. The molecule has 2 aliphatic heterocycles. The van der Waals surface area contributed by atoms with Crippen molar-refractivity contribution in [2.45, 2.75) is 44.0 Å². The Morgan fingerprint density at radius 3 is 2.73 bits per heavy atom. The second kappa shape index (κ2) is 5.92. The van der Waals surface area contributed by atoms with Crippen molar-refractivity contribution in [2.75, 3.05) is 18.1 Å². The molecule has 1 aromatic heterocycles. The lowest BCUT2D eigenvalue weighted by Crippen LogP contribution is -2.63. The molecule has 0 aromatic carbocycles. The third kappa shape index (κ3) is 2.47. The largest absolute Gasteiger partial charge is 0.394 e. The molecule has 0 spiro atoms. The van der Waals surface area contributed by atoms with Gasteiger partial charge in [0.15, 0.2) is 6.23 Å². The van der Waals surface area contributed by atoms with Crippen molar-refractivity contribution in [2.24, 2.45) is 0 Å². The first-order chi connectivity index (χ1) is 10.4. The highest BCUT2D eigenvalue weighted by Gasteiger charge is 2.47. The van der Waals surface area contributed by atoms with E-state index in [1.165, 1.54) is 0 Å². The predicted octanol–water partition coefficient (Wildman–Crippen LogP) is -0.794. The van der Waals surface area contributed by atoms with Crippen LogP contribution in [0, 0.1) is 6.92 Å². The molecule has 5 atom stereocenters. The Balaban J connectivity index is 1.93. The fraction of sp³-hybridized carbons (Fsp3) is 0.643. The highest BCUT2D eigenvalue weighted by molar-refractivity contribution is 6.29. The molecule has 3 heterocycles. The average molecular weight is 331 g/mol. The number of aromatic nitrogens is 1. The third-order valence-electron chi connectivity index (χ3n) is 4.34. The molecule has 22 heavy (non-hydrogen) atoms. The number of rotatable bonds is 2. The highest BCUT2D eigenvalue weighted by Crippen LogP contribution is 2.35. The van der Waals surface area contributed by atoms with Gasteiger partial charge in [0, 0.05) is 6.54 Å². The van der Waals surface area contributed by atoms with Gasteiger partial charge in [-0.25, -0.2) is 4.98 Å². The number of fused-ring (bicyclic) bond motifs is 1. The van der Waals surface area contributed by atoms with Gasteiger partial charge in [0.25, 0.3) is 0 Å². The van der Waals surface area contributed by atoms with Gasteiger partial charge in [0.05, 0.1) is 6.61 Å². The minimum Gasteiger partial charge on any atom is -0.394 e. The third-order valence-corrected chi connectivity index (χ3v) is 4.54. The molecule has 122 valence electrons. The number of aliphatic hydroxyl groups is 4. The van der Waals surface area contributed by atoms with Crippen LogP contribution in [0.5, 0.6) is 0 Å². The van der Waals surface area contributed by atoms with Crippen molar-refractivity contribution < 1.29 is 25.2 Å². The van der Waals surface area contributed by atoms with Crippen molar-refractivity contribution in [3.63, 3.8) is 0 Å². The van der Waals surface area contributed by atoms with Crippen molar-refractivity contribution in [3.05, 3.63) is 22.3 Å².